The molecule has 0 aliphatic rings. The normalized spacial score (nSPS) is 11.5. The summed E-state index contributed by atoms with van der Waals surface area (Å²) in [4.78, 5) is 9.75. The standard InChI is InChI=1S/C18H20N4OS/c1-13-5-7-14(8-6-13)10-20-18(19-2)21-11-15-12-23-17(22-15)16-4-3-9-24-16/h3-9,12H,10-11H2,1-2H3,(H2,19,20,21). The van der Waals surface area contributed by atoms with E-state index in [-0.39, 0.29) is 0 Å². The Morgan fingerprint density at radius 3 is 2.67 bits per heavy atom. The summed E-state index contributed by atoms with van der Waals surface area (Å²) in [6.45, 7) is 3.36. The highest BCUT2D eigenvalue weighted by Crippen LogP contribution is 2.23. The minimum Gasteiger partial charge on any atom is -0.443 e. The van der Waals surface area contributed by atoms with E-state index in [2.05, 4.69) is 51.8 Å². The number of aryl methyl sites for hydroxylation is 1. The van der Waals surface area contributed by atoms with E-state index >= 15 is 0 Å². The second-order valence-electron chi connectivity index (χ2n) is 5.39. The number of hydrogen-bond acceptors (Lipinski definition) is 4. The Bertz CT molecular complexity index is 791. The number of guanidine groups is 1. The van der Waals surface area contributed by atoms with Crippen molar-refractivity contribution in [3.8, 4) is 10.8 Å². The zero-order valence-electron chi connectivity index (χ0n) is 13.7. The van der Waals surface area contributed by atoms with Gasteiger partial charge in [0.1, 0.15) is 6.26 Å². The lowest BCUT2D eigenvalue weighted by atomic mass is 10.1. The third-order valence-electron chi connectivity index (χ3n) is 3.52. The Labute approximate surface area is 145 Å². The molecule has 6 heteroatoms. The number of nitrogens with zero attached hydrogens (tertiary/aromatic N) is 2. The van der Waals surface area contributed by atoms with Crippen LogP contribution in [-0.2, 0) is 13.1 Å². The molecule has 1 aromatic carbocycles. The fourth-order valence-corrected chi connectivity index (χ4v) is 2.84. The van der Waals surface area contributed by atoms with Crippen LogP contribution in [0.1, 0.15) is 16.8 Å². The number of thiophene rings is 1. The highest BCUT2D eigenvalue weighted by Gasteiger charge is 2.08. The molecule has 3 rings (SSSR count). The van der Waals surface area contributed by atoms with Gasteiger partial charge in [-0.25, -0.2) is 4.98 Å². The smallest absolute Gasteiger partial charge is 0.236 e. The molecule has 3 aromatic rings. The molecule has 0 bridgehead atoms. The summed E-state index contributed by atoms with van der Waals surface area (Å²) in [5.41, 5.74) is 3.32. The molecule has 0 aliphatic heterocycles. The number of rotatable bonds is 5. The lowest BCUT2D eigenvalue weighted by Crippen LogP contribution is -2.36. The van der Waals surface area contributed by atoms with Crippen molar-refractivity contribution < 1.29 is 4.42 Å². The van der Waals surface area contributed by atoms with E-state index in [1.165, 1.54) is 11.1 Å². The molecule has 124 valence electrons. The average molecular weight is 340 g/mol. The first-order valence-corrected chi connectivity index (χ1v) is 8.61. The monoisotopic (exact) mass is 340 g/mol. The predicted molar refractivity (Wildman–Crippen MR) is 98.0 cm³/mol. The molecule has 2 heterocycles. The van der Waals surface area contributed by atoms with Crippen LogP contribution in [0.3, 0.4) is 0 Å². The van der Waals surface area contributed by atoms with Gasteiger partial charge in [0, 0.05) is 13.6 Å². The fourth-order valence-electron chi connectivity index (χ4n) is 2.19. The molecule has 0 saturated carbocycles. The number of aromatic nitrogens is 1. The SMILES string of the molecule is CN=C(NCc1ccc(C)cc1)NCc1coc(-c2cccs2)n1. The molecule has 0 fully saturated rings. The van der Waals surface area contributed by atoms with E-state index in [4.69, 9.17) is 4.42 Å². The summed E-state index contributed by atoms with van der Waals surface area (Å²) in [5, 5.41) is 8.55. The zero-order chi connectivity index (χ0) is 16.8. The van der Waals surface area contributed by atoms with Gasteiger partial charge < -0.3 is 15.1 Å². The Morgan fingerprint density at radius 2 is 1.96 bits per heavy atom. The Balaban J connectivity index is 1.52. The molecule has 0 aliphatic carbocycles. The minimum atomic E-state index is 0.558. The topological polar surface area (TPSA) is 62.5 Å². The third kappa shape index (κ3) is 4.23. The van der Waals surface area contributed by atoms with E-state index in [0.717, 1.165) is 23.1 Å². The summed E-state index contributed by atoms with van der Waals surface area (Å²) in [7, 11) is 1.75. The van der Waals surface area contributed by atoms with Crippen molar-refractivity contribution in [3.63, 3.8) is 0 Å². The molecule has 0 unspecified atom stereocenters. The fraction of sp³-hybridized carbons (Fsp3) is 0.222. The predicted octanol–water partition coefficient (Wildman–Crippen LogP) is 3.58. The van der Waals surface area contributed by atoms with E-state index in [0.29, 0.717) is 12.4 Å². The van der Waals surface area contributed by atoms with Crippen molar-refractivity contribution >= 4 is 17.3 Å². The molecule has 2 aromatic heterocycles. The van der Waals surface area contributed by atoms with E-state index < -0.39 is 0 Å². The van der Waals surface area contributed by atoms with Crippen molar-refractivity contribution in [1.29, 1.82) is 0 Å². The number of nitrogens with one attached hydrogen (secondary N) is 2. The molecule has 0 saturated heterocycles. The van der Waals surface area contributed by atoms with Gasteiger partial charge in [-0.15, -0.1) is 11.3 Å². The van der Waals surface area contributed by atoms with Crippen LogP contribution in [0.4, 0.5) is 0 Å². The lowest BCUT2D eigenvalue weighted by Gasteiger charge is -2.11. The van der Waals surface area contributed by atoms with Crippen LogP contribution >= 0.6 is 11.3 Å². The van der Waals surface area contributed by atoms with Crippen LogP contribution in [0.5, 0.6) is 0 Å². The van der Waals surface area contributed by atoms with Crippen molar-refractivity contribution in [2.24, 2.45) is 4.99 Å². The first-order chi connectivity index (χ1) is 11.7. The third-order valence-corrected chi connectivity index (χ3v) is 4.38. The van der Waals surface area contributed by atoms with Crippen LogP contribution in [-0.4, -0.2) is 18.0 Å². The van der Waals surface area contributed by atoms with Gasteiger partial charge in [0.15, 0.2) is 5.96 Å². The van der Waals surface area contributed by atoms with E-state index in [9.17, 15) is 0 Å². The van der Waals surface area contributed by atoms with Crippen molar-refractivity contribution in [2.75, 3.05) is 7.05 Å². The minimum absolute atomic E-state index is 0.558. The second-order valence-corrected chi connectivity index (χ2v) is 6.33. The van der Waals surface area contributed by atoms with E-state index in [1.54, 1.807) is 24.6 Å². The molecule has 0 spiro atoms. The van der Waals surface area contributed by atoms with Gasteiger partial charge in [-0.1, -0.05) is 35.9 Å². The zero-order valence-corrected chi connectivity index (χ0v) is 14.6. The Hall–Kier alpha value is -2.60. The second kappa shape index (κ2) is 7.79. The van der Waals surface area contributed by atoms with Gasteiger partial charge in [0.25, 0.3) is 0 Å². The van der Waals surface area contributed by atoms with Gasteiger partial charge in [-0.3, -0.25) is 4.99 Å². The molecule has 5 nitrogen and oxygen atoms in total. The largest absolute Gasteiger partial charge is 0.443 e. The molecule has 24 heavy (non-hydrogen) atoms. The summed E-state index contributed by atoms with van der Waals surface area (Å²) in [5.74, 6) is 1.39. The van der Waals surface area contributed by atoms with E-state index in [1.807, 2.05) is 17.5 Å². The first-order valence-electron chi connectivity index (χ1n) is 7.73. The molecular weight excluding hydrogens is 320 g/mol. The maximum atomic E-state index is 5.51. The van der Waals surface area contributed by atoms with Crippen LogP contribution in [0.2, 0.25) is 0 Å². The van der Waals surface area contributed by atoms with Gasteiger partial charge in [-0.2, -0.15) is 0 Å². The number of benzene rings is 1. The van der Waals surface area contributed by atoms with Gasteiger partial charge >= 0.3 is 0 Å². The molecule has 2 N–H and O–H groups in total. The van der Waals surface area contributed by atoms with Crippen LogP contribution < -0.4 is 10.6 Å². The maximum absolute atomic E-state index is 5.51. The number of hydrogen-bond donors (Lipinski definition) is 2. The van der Waals surface area contributed by atoms with Crippen LogP contribution in [0.25, 0.3) is 10.8 Å². The molecule has 0 radical (unpaired) electrons. The highest BCUT2D eigenvalue weighted by molar-refractivity contribution is 7.13. The summed E-state index contributed by atoms with van der Waals surface area (Å²) >= 11 is 1.61. The maximum Gasteiger partial charge on any atom is 0.236 e. The van der Waals surface area contributed by atoms with Gasteiger partial charge in [0.2, 0.25) is 5.89 Å². The first kappa shape index (κ1) is 16.3. The van der Waals surface area contributed by atoms with Crippen molar-refractivity contribution in [3.05, 3.63) is 64.9 Å². The summed E-state index contributed by atoms with van der Waals surface area (Å²) in [6.07, 6.45) is 1.68. The van der Waals surface area contributed by atoms with Crippen molar-refractivity contribution in [2.45, 2.75) is 20.0 Å². The highest BCUT2D eigenvalue weighted by atomic mass is 32.1. The molecule has 0 amide bonds. The number of oxazole rings is 1. The average Bonchev–Trinajstić information content (AvgIpc) is 3.28. The Morgan fingerprint density at radius 1 is 1.17 bits per heavy atom. The van der Waals surface area contributed by atoms with Crippen LogP contribution in [0, 0.1) is 6.92 Å². The van der Waals surface area contributed by atoms with Gasteiger partial charge in [0.05, 0.1) is 17.1 Å². The van der Waals surface area contributed by atoms with Crippen LogP contribution in [0.15, 0.2) is 57.5 Å². The van der Waals surface area contributed by atoms with Gasteiger partial charge in [-0.05, 0) is 23.9 Å². The summed E-state index contributed by atoms with van der Waals surface area (Å²) in [6, 6.07) is 12.4. The lowest BCUT2D eigenvalue weighted by molar-refractivity contribution is 0.573. The molecular formula is C18H20N4OS. The quantitative estimate of drug-likeness (QED) is 0.550. The van der Waals surface area contributed by atoms with Crippen molar-refractivity contribution in [1.82, 2.24) is 15.6 Å². The Kier molecular flexibility index (Phi) is 5.28. The summed E-state index contributed by atoms with van der Waals surface area (Å²) < 4.78 is 5.51. The molecule has 0 atom stereocenters. The number of aliphatic imine (C=N–C) groups is 1.